The zero-order valence-corrected chi connectivity index (χ0v) is 13.5. The first-order valence-electron chi connectivity index (χ1n) is 8.10. The quantitative estimate of drug-likeness (QED) is 0.843. The standard InChI is InChI=1S/C20H23N3/c1-3-5-9-16(4-2)19-14-20(23-13-12-21-15-23)17-10-7-6-8-11-18(17)22-19/h3-7,9-13,15,19-20,22H,2,8,14H2,1H3/b5-3-,16-9+. The molecule has 0 bridgehead atoms. The first-order valence-corrected chi connectivity index (χ1v) is 8.10. The molecule has 1 aromatic heterocycles. The molecular formula is C20H23N3. The smallest absolute Gasteiger partial charge is 0.0951 e. The summed E-state index contributed by atoms with van der Waals surface area (Å²) in [5.41, 5.74) is 3.76. The van der Waals surface area contributed by atoms with Crippen molar-refractivity contribution in [2.45, 2.75) is 31.8 Å². The molecule has 1 aliphatic carbocycles. The maximum atomic E-state index is 4.23. The van der Waals surface area contributed by atoms with E-state index in [1.54, 1.807) is 0 Å². The molecule has 3 rings (SSSR count). The van der Waals surface area contributed by atoms with E-state index in [9.17, 15) is 0 Å². The molecule has 0 radical (unpaired) electrons. The van der Waals surface area contributed by atoms with Gasteiger partial charge >= 0.3 is 0 Å². The second-order valence-electron chi connectivity index (χ2n) is 5.76. The van der Waals surface area contributed by atoms with Crippen molar-refractivity contribution in [3.8, 4) is 0 Å². The minimum absolute atomic E-state index is 0.248. The number of nitrogens with zero attached hydrogens (tertiary/aromatic N) is 2. The summed E-state index contributed by atoms with van der Waals surface area (Å²) in [4.78, 5) is 4.23. The summed E-state index contributed by atoms with van der Waals surface area (Å²) in [6, 6.07) is 0.532. The Kier molecular flexibility index (Phi) is 4.77. The number of aromatic nitrogens is 2. The highest BCUT2D eigenvalue weighted by Crippen LogP contribution is 2.36. The average molecular weight is 305 g/mol. The summed E-state index contributed by atoms with van der Waals surface area (Å²) in [5, 5.41) is 3.69. The van der Waals surface area contributed by atoms with Crippen molar-refractivity contribution < 1.29 is 0 Å². The SMILES string of the molecule is C=C/C(=C\C=C/C)C1CC(n2ccnc2)C2=CC=CCC=C2N1. The third kappa shape index (κ3) is 3.29. The number of rotatable bonds is 4. The number of nitrogens with one attached hydrogen (secondary N) is 1. The van der Waals surface area contributed by atoms with Crippen LogP contribution in [0.3, 0.4) is 0 Å². The van der Waals surface area contributed by atoms with Crippen LogP contribution in [0.5, 0.6) is 0 Å². The van der Waals surface area contributed by atoms with E-state index in [0.717, 1.165) is 12.8 Å². The predicted octanol–water partition coefficient (Wildman–Crippen LogP) is 4.24. The molecular weight excluding hydrogens is 282 g/mol. The first-order chi connectivity index (χ1) is 11.3. The van der Waals surface area contributed by atoms with Crippen molar-refractivity contribution in [3.63, 3.8) is 0 Å². The Hall–Kier alpha value is -2.55. The van der Waals surface area contributed by atoms with Crippen LogP contribution < -0.4 is 5.32 Å². The Balaban J connectivity index is 1.98. The zero-order chi connectivity index (χ0) is 16.1. The minimum Gasteiger partial charge on any atom is -0.378 e. The van der Waals surface area contributed by atoms with Gasteiger partial charge in [0, 0.05) is 18.1 Å². The van der Waals surface area contributed by atoms with E-state index >= 15 is 0 Å². The normalized spacial score (nSPS) is 24.5. The molecule has 2 heterocycles. The molecule has 1 N–H and O–H groups in total. The highest BCUT2D eigenvalue weighted by atomic mass is 15.1. The lowest BCUT2D eigenvalue weighted by Crippen LogP contribution is -2.39. The summed E-state index contributed by atoms with van der Waals surface area (Å²) in [6.45, 7) is 6.02. The van der Waals surface area contributed by atoms with Gasteiger partial charge in [-0.15, -0.1) is 0 Å². The Morgan fingerprint density at radius 1 is 1.48 bits per heavy atom. The van der Waals surface area contributed by atoms with Gasteiger partial charge in [0.25, 0.3) is 0 Å². The molecule has 0 spiro atoms. The van der Waals surface area contributed by atoms with Crippen molar-refractivity contribution in [2.75, 3.05) is 0 Å². The number of imidazole rings is 1. The molecule has 23 heavy (non-hydrogen) atoms. The van der Waals surface area contributed by atoms with Gasteiger partial charge in [-0.1, -0.05) is 55.2 Å². The van der Waals surface area contributed by atoms with Crippen molar-refractivity contribution >= 4 is 0 Å². The predicted molar refractivity (Wildman–Crippen MR) is 95.8 cm³/mol. The van der Waals surface area contributed by atoms with Crippen LogP contribution in [0.4, 0.5) is 0 Å². The summed E-state index contributed by atoms with van der Waals surface area (Å²) < 4.78 is 2.20. The Morgan fingerprint density at radius 3 is 3.13 bits per heavy atom. The van der Waals surface area contributed by atoms with Gasteiger partial charge in [-0.05, 0) is 30.9 Å². The fourth-order valence-corrected chi connectivity index (χ4v) is 3.16. The lowest BCUT2D eigenvalue weighted by molar-refractivity contribution is 0.428. The molecule has 1 saturated heterocycles. The Morgan fingerprint density at radius 2 is 2.39 bits per heavy atom. The first kappa shape index (κ1) is 15.3. The van der Waals surface area contributed by atoms with Crippen molar-refractivity contribution in [3.05, 3.63) is 90.8 Å². The summed E-state index contributed by atoms with van der Waals surface area (Å²) in [6.07, 6.45) is 24.7. The number of fused-ring (bicyclic) bond motifs is 1. The van der Waals surface area contributed by atoms with E-state index in [-0.39, 0.29) is 12.1 Å². The molecule has 2 aliphatic rings. The fourth-order valence-electron chi connectivity index (χ4n) is 3.16. The summed E-state index contributed by atoms with van der Waals surface area (Å²) in [7, 11) is 0. The molecule has 1 fully saturated rings. The van der Waals surface area contributed by atoms with Crippen molar-refractivity contribution in [1.29, 1.82) is 0 Å². The van der Waals surface area contributed by atoms with Gasteiger partial charge in [0.15, 0.2) is 0 Å². The number of allylic oxidation sites excluding steroid dienone is 8. The van der Waals surface area contributed by atoms with Gasteiger partial charge in [-0.2, -0.15) is 0 Å². The molecule has 118 valence electrons. The van der Waals surface area contributed by atoms with Crippen molar-refractivity contribution in [2.24, 2.45) is 0 Å². The second-order valence-corrected chi connectivity index (χ2v) is 5.76. The van der Waals surface area contributed by atoms with Crippen LogP contribution in [0.25, 0.3) is 0 Å². The maximum absolute atomic E-state index is 4.23. The van der Waals surface area contributed by atoms with Gasteiger partial charge in [-0.3, -0.25) is 0 Å². The molecule has 2 atom stereocenters. The van der Waals surface area contributed by atoms with Gasteiger partial charge in [0.2, 0.25) is 0 Å². The molecule has 0 saturated carbocycles. The number of hydrogen-bond donors (Lipinski definition) is 1. The minimum atomic E-state index is 0.248. The third-order valence-corrected chi connectivity index (χ3v) is 4.33. The molecule has 0 amide bonds. The van der Waals surface area contributed by atoms with Crippen LogP contribution in [-0.2, 0) is 0 Å². The lowest BCUT2D eigenvalue weighted by Gasteiger charge is -2.36. The van der Waals surface area contributed by atoms with Gasteiger partial charge in [0.1, 0.15) is 0 Å². The monoisotopic (exact) mass is 305 g/mol. The van der Waals surface area contributed by atoms with Gasteiger partial charge in [-0.25, -0.2) is 4.98 Å². The van der Waals surface area contributed by atoms with Crippen LogP contribution in [0.2, 0.25) is 0 Å². The van der Waals surface area contributed by atoms with Gasteiger partial charge in [0.05, 0.1) is 18.4 Å². The number of piperidine rings is 1. The zero-order valence-electron chi connectivity index (χ0n) is 13.5. The average Bonchev–Trinajstić information content (AvgIpc) is 3.00. The summed E-state index contributed by atoms with van der Waals surface area (Å²) >= 11 is 0. The van der Waals surface area contributed by atoms with Crippen LogP contribution >= 0.6 is 0 Å². The Bertz CT molecular complexity index is 699. The molecule has 2 unspecified atom stereocenters. The topological polar surface area (TPSA) is 29.9 Å². The molecule has 0 aromatic carbocycles. The van der Waals surface area contributed by atoms with E-state index in [1.807, 2.05) is 37.8 Å². The highest BCUT2D eigenvalue weighted by Gasteiger charge is 2.30. The number of hydrogen-bond acceptors (Lipinski definition) is 2. The second kappa shape index (κ2) is 7.14. The third-order valence-electron chi connectivity index (χ3n) is 4.33. The molecule has 1 aliphatic heterocycles. The van der Waals surface area contributed by atoms with Crippen molar-refractivity contribution in [1.82, 2.24) is 14.9 Å². The van der Waals surface area contributed by atoms with E-state index in [1.165, 1.54) is 16.8 Å². The van der Waals surface area contributed by atoms with Crippen LogP contribution in [0.15, 0.2) is 90.8 Å². The lowest BCUT2D eigenvalue weighted by atomic mass is 9.87. The van der Waals surface area contributed by atoms with Crippen LogP contribution in [0, 0.1) is 0 Å². The Labute approximate surface area is 138 Å². The van der Waals surface area contributed by atoms with E-state index in [4.69, 9.17) is 0 Å². The van der Waals surface area contributed by atoms with E-state index < -0.39 is 0 Å². The molecule has 1 aromatic rings. The molecule has 3 nitrogen and oxygen atoms in total. The van der Waals surface area contributed by atoms with Crippen LogP contribution in [0.1, 0.15) is 25.8 Å². The fraction of sp³-hybridized carbons (Fsp3) is 0.250. The van der Waals surface area contributed by atoms with Crippen LogP contribution in [-0.4, -0.2) is 15.6 Å². The van der Waals surface area contributed by atoms with E-state index in [0.29, 0.717) is 0 Å². The maximum Gasteiger partial charge on any atom is 0.0951 e. The largest absolute Gasteiger partial charge is 0.378 e. The van der Waals surface area contributed by atoms with E-state index in [2.05, 4.69) is 57.9 Å². The highest BCUT2D eigenvalue weighted by molar-refractivity contribution is 5.44. The molecule has 3 heteroatoms. The van der Waals surface area contributed by atoms with Gasteiger partial charge < -0.3 is 9.88 Å². The summed E-state index contributed by atoms with van der Waals surface area (Å²) in [5.74, 6) is 0.